The number of hydrogen-bond acceptors (Lipinski definition) is 5. The number of thiazole rings is 1. The first kappa shape index (κ1) is 19.7. The predicted molar refractivity (Wildman–Crippen MR) is 113 cm³/mol. The van der Waals surface area contributed by atoms with Crippen LogP contribution in [0.5, 0.6) is 0 Å². The Morgan fingerprint density at radius 2 is 2.14 bits per heavy atom. The van der Waals surface area contributed by atoms with Crippen molar-refractivity contribution in [1.29, 1.82) is 0 Å². The fourth-order valence-electron chi connectivity index (χ4n) is 3.75. The Morgan fingerprint density at radius 3 is 2.97 bits per heavy atom. The quantitative estimate of drug-likeness (QED) is 0.665. The summed E-state index contributed by atoms with van der Waals surface area (Å²) >= 11 is 1.42. The molecule has 5 nitrogen and oxygen atoms in total. The number of pyridine rings is 1. The third-order valence-corrected chi connectivity index (χ3v) is 5.82. The van der Waals surface area contributed by atoms with Gasteiger partial charge in [0.05, 0.1) is 6.54 Å². The average molecular weight is 411 g/mol. The molecule has 1 saturated heterocycles. The first-order chi connectivity index (χ1) is 14.2. The maximum Gasteiger partial charge on any atom is 0.240 e. The number of piperidine rings is 1. The van der Waals surface area contributed by atoms with Gasteiger partial charge >= 0.3 is 0 Å². The lowest BCUT2D eigenvalue weighted by molar-refractivity contribution is -0.117. The van der Waals surface area contributed by atoms with Crippen molar-refractivity contribution in [3.05, 3.63) is 76.8 Å². The molecule has 1 aliphatic heterocycles. The topological polar surface area (TPSA) is 58.1 Å². The van der Waals surface area contributed by atoms with Gasteiger partial charge in [-0.2, -0.15) is 0 Å². The van der Waals surface area contributed by atoms with Crippen LogP contribution in [0.2, 0.25) is 0 Å². The summed E-state index contributed by atoms with van der Waals surface area (Å²) in [7, 11) is 0. The molecule has 1 fully saturated rings. The molecule has 1 aromatic carbocycles. The first-order valence-corrected chi connectivity index (χ1v) is 10.7. The van der Waals surface area contributed by atoms with Crippen LogP contribution in [0.15, 0.2) is 54.0 Å². The zero-order valence-electron chi connectivity index (χ0n) is 16.1. The highest BCUT2D eigenvalue weighted by Crippen LogP contribution is 2.26. The number of nitrogens with one attached hydrogen (secondary N) is 1. The van der Waals surface area contributed by atoms with Crippen LogP contribution >= 0.6 is 11.3 Å². The molecule has 1 N–H and O–H groups in total. The van der Waals surface area contributed by atoms with Crippen LogP contribution < -0.4 is 5.32 Å². The number of aromatic nitrogens is 2. The minimum Gasteiger partial charge on any atom is -0.301 e. The molecular formula is C22H23FN4OS. The highest BCUT2D eigenvalue weighted by Gasteiger charge is 2.24. The summed E-state index contributed by atoms with van der Waals surface area (Å²) in [6.45, 7) is 2.04. The van der Waals surface area contributed by atoms with Gasteiger partial charge in [0.15, 0.2) is 5.13 Å². The van der Waals surface area contributed by atoms with Gasteiger partial charge in [0, 0.05) is 41.8 Å². The van der Waals surface area contributed by atoms with Gasteiger partial charge < -0.3 is 5.32 Å². The average Bonchev–Trinajstić information content (AvgIpc) is 3.23. The lowest BCUT2D eigenvalue weighted by atomic mass is 9.94. The van der Waals surface area contributed by atoms with Crippen LogP contribution in [0, 0.1) is 5.82 Å². The van der Waals surface area contributed by atoms with E-state index in [4.69, 9.17) is 4.98 Å². The Morgan fingerprint density at radius 1 is 1.24 bits per heavy atom. The SMILES string of the molecule is O=C(CN1CCC[C@@H](c2cccc(Cc3ccccc3F)n2)C1)Nc1nccs1. The molecule has 7 heteroatoms. The smallest absolute Gasteiger partial charge is 0.240 e. The lowest BCUT2D eigenvalue weighted by Gasteiger charge is -2.32. The molecule has 0 spiro atoms. The Bertz CT molecular complexity index is 963. The molecule has 29 heavy (non-hydrogen) atoms. The summed E-state index contributed by atoms with van der Waals surface area (Å²) in [5.41, 5.74) is 2.54. The van der Waals surface area contributed by atoms with Crippen molar-refractivity contribution < 1.29 is 9.18 Å². The van der Waals surface area contributed by atoms with Crippen molar-refractivity contribution in [2.45, 2.75) is 25.2 Å². The second-order valence-electron chi connectivity index (χ2n) is 7.28. The zero-order chi connectivity index (χ0) is 20.1. The second-order valence-corrected chi connectivity index (χ2v) is 8.18. The summed E-state index contributed by atoms with van der Waals surface area (Å²) in [5, 5.41) is 5.31. The number of benzene rings is 1. The summed E-state index contributed by atoms with van der Waals surface area (Å²) < 4.78 is 14.0. The second kappa shape index (κ2) is 9.24. The van der Waals surface area contributed by atoms with Gasteiger partial charge in [-0.15, -0.1) is 11.3 Å². The Labute approximate surface area is 173 Å². The van der Waals surface area contributed by atoms with Gasteiger partial charge in [-0.1, -0.05) is 24.3 Å². The van der Waals surface area contributed by atoms with E-state index in [0.717, 1.165) is 37.3 Å². The molecule has 3 aromatic rings. The number of halogens is 1. The molecule has 0 saturated carbocycles. The molecule has 0 aliphatic carbocycles. The van der Waals surface area contributed by atoms with Crippen LogP contribution in [0.4, 0.5) is 9.52 Å². The number of anilines is 1. The van der Waals surface area contributed by atoms with E-state index in [1.165, 1.54) is 17.4 Å². The summed E-state index contributed by atoms with van der Waals surface area (Å²) in [6, 6.07) is 12.8. The van der Waals surface area contributed by atoms with Crippen molar-refractivity contribution in [1.82, 2.24) is 14.9 Å². The van der Waals surface area contributed by atoms with E-state index in [2.05, 4.69) is 15.2 Å². The van der Waals surface area contributed by atoms with E-state index in [1.807, 2.05) is 29.6 Å². The maximum atomic E-state index is 14.0. The molecule has 2 aromatic heterocycles. The third kappa shape index (κ3) is 5.25. The van der Waals surface area contributed by atoms with Gasteiger partial charge in [-0.25, -0.2) is 9.37 Å². The molecule has 150 valence electrons. The molecular weight excluding hydrogens is 387 g/mol. The molecule has 0 unspecified atom stereocenters. The van der Waals surface area contributed by atoms with Gasteiger partial charge in [0.1, 0.15) is 5.82 Å². The van der Waals surface area contributed by atoms with E-state index < -0.39 is 0 Å². The maximum absolute atomic E-state index is 14.0. The van der Waals surface area contributed by atoms with Crippen LogP contribution in [-0.2, 0) is 11.2 Å². The largest absolute Gasteiger partial charge is 0.301 e. The Kier molecular flexibility index (Phi) is 6.27. The normalized spacial score (nSPS) is 17.2. The molecule has 1 amide bonds. The minimum atomic E-state index is -0.199. The Hall–Kier alpha value is -2.64. The number of hydrogen-bond donors (Lipinski definition) is 1. The fourth-order valence-corrected chi connectivity index (χ4v) is 4.29. The summed E-state index contributed by atoms with van der Waals surface area (Å²) in [6.07, 6.45) is 4.22. The molecule has 1 aliphatic rings. The van der Waals surface area contributed by atoms with Crippen molar-refractivity contribution in [2.75, 3.05) is 25.0 Å². The van der Waals surface area contributed by atoms with Crippen molar-refractivity contribution in [3.63, 3.8) is 0 Å². The first-order valence-electron chi connectivity index (χ1n) is 9.78. The van der Waals surface area contributed by atoms with Crippen LogP contribution in [0.1, 0.15) is 35.7 Å². The van der Waals surface area contributed by atoms with E-state index in [9.17, 15) is 9.18 Å². The number of amides is 1. The van der Waals surface area contributed by atoms with Gasteiger partial charge in [0.2, 0.25) is 5.91 Å². The predicted octanol–water partition coefficient (Wildman–Crippen LogP) is 4.09. The van der Waals surface area contributed by atoms with Gasteiger partial charge in [-0.3, -0.25) is 14.7 Å². The highest BCUT2D eigenvalue weighted by atomic mass is 32.1. The number of nitrogens with zero attached hydrogens (tertiary/aromatic N) is 3. The van der Waals surface area contributed by atoms with Crippen molar-refractivity contribution >= 4 is 22.4 Å². The van der Waals surface area contributed by atoms with E-state index in [0.29, 0.717) is 23.7 Å². The molecule has 0 radical (unpaired) electrons. The van der Waals surface area contributed by atoms with Crippen molar-refractivity contribution in [3.8, 4) is 0 Å². The summed E-state index contributed by atoms with van der Waals surface area (Å²) in [4.78, 5) is 23.3. The molecule has 4 rings (SSSR count). The summed E-state index contributed by atoms with van der Waals surface area (Å²) in [5.74, 6) is 0.0358. The number of carbonyl (C=O) groups excluding carboxylic acids is 1. The standard InChI is InChI=1S/C22H23FN4OS/c23-19-8-2-1-5-16(19)13-18-7-3-9-20(25-18)17-6-4-11-27(14-17)15-21(28)26-22-24-10-12-29-22/h1-3,5,7-10,12,17H,4,6,11,13-15H2,(H,24,26,28)/t17-/m1/s1. The zero-order valence-corrected chi connectivity index (χ0v) is 16.9. The number of rotatable bonds is 6. The highest BCUT2D eigenvalue weighted by molar-refractivity contribution is 7.13. The number of likely N-dealkylation sites (tertiary alicyclic amines) is 1. The van der Waals surface area contributed by atoms with Gasteiger partial charge in [0.25, 0.3) is 0 Å². The van der Waals surface area contributed by atoms with Crippen LogP contribution in [-0.4, -0.2) is 40.4 Å². The van der Waals surface area contributed by atoms with E-state index in [-0.39, 0.29) is 17.6 Å². The minimum absolute atomic E-state index is 0.0399. The van der Waals surface area contributed by atoms with E-state index >= 15 is 0 Å². The van der Waals surface area contributed by atoms with E-state index in [1.54, 1.807) is 18.3 Å². The number of carbonyl (C=O) groups is 1. The molecule has 1 atom stereocenters. The monoisotopic (exact) mass is 410 g/mol. The lowest BCUT2D eigenvalue weighted by Crippen LogP contribution is -2.40. The van der Waals surface area contributed by atoms with Gasteiger partial charge in [-0.05, 0) is 43.1 Å². The molecule has 0 bridgehead atoms. The fraction of sp³-hybridized carbons (Fsp3) is 0.318. The molecule has 3 heterocycles. The van der Waals surface area contributed by atoms with Crippen LogP contribution in [0.25, 0.3) is 0 Å². The Balaban J connectivity index is 1.39. The van der Waals surface area contributed by atoms with Crippen LogP contribution in [0.3, 0.4) is 0 Å². The third-order valence-electron chi connectivity index (χ3n) is 5.13. The van der Waals surface area contributed by atoms with Crippen molar-refractivity contribution in [2.24, 2.45) is 0 Å².